The van der Waals surface area contributed by atoms with Crippen molar-refractivity contribution in [2.75, 3.05) is 0 Å². The Labute approximate surface area is 75.1 Å². The third kappa shape index (κ3) is 3.46. The van der Waals surface area contributed by atoms with Crippen LogP contribution < -0.4 is 0 Å². The second kappa shape index (κ2) is 4.86. The maximum atomic E-state index is 3.94. The zero-order valence-electron chi connectivity index (χ0n) is 8.63. The summed E-state index contributed by atoms with van der Waals surface area (Å²) in [5.41, 5.74) is 1.34. The second-order valence-electron chi connectivity index (χ2n) is 3.38. The number of hydrogen-bond acceptors (Lipinski definition) is 2. The summed E-state index contributed by atoms with van der Waals surface area (Å²) >= 11 is 0. The fourth-order valence-electron chi connectivity index (χ4n) is 0.686. The van der Waals surface area contributed by atoms with E-state index in [1.165, 1.54) is 5.56 Å². The molecule has 68 valence electrons. The average molecular weight is 166 g/mol. The van der Waals surface area contributed by atoms with Crippen LogP contribution in [0.3, 0.4) is 0 Å². The molecule has 1 aromatic heterocycles. The highest BCUT2D eigenvalue weighted by molar-refractivity contribution is 5.13. The summed E-state index contributed by atoms with van der Waals surface area (Å²) in [6.07, 6.45) is 5.26. The first-order chi connectivity index (χ1) is 5.61. The zero-order chi connectivity index (χ0) is 9.61. The lowest BCUT2D eigenvalue weighted by Gasteiger charge is -2.16. The Bertz CT molecular complexity index is 199. The molecule has 0 aromatic carbocycles. The molecule has 0 spiro atoms. The van der Waals surface area contributed by atoms with Gasteiger partial charge >= 0.3 is 0 Å². The van der Waals surface area contributed by atoms with Crippen LogP contribution in [0, 0.1) is 0 Å². The summed E-state index contributed by atoms with van der Waals surface area (Å²) in [6.45, 7) is 10.4. The van der Waals surface area contributed by atoms with Crippen LogP contribution in [0.4, 0.5) is 0 Å². The molecule has 0 aliphatic rings. The predicted octanol–water partition coefficient (Wildman–Crippen LogP) is 2.80. The van der Waals surface area contributed by atoms with Gasteiger partial charge < -0.3 is 0 Å². The number of nitrogens with zero attached hydrogens (tertiary/aromatic N) is 2. The molecular formula is C10H18N2. The van der Waals surface area contributed by atoms with Gasteiger partial charge in [-0.05, 0) is 11.0 Å². The normalized spacial score (nSPS) is 10.1. The standard InChI is InChI=1S/C8H12N2.C2H6/c1-8(2,3)7-4-9-6-10-5-7;1-2/h4-6H,1-3H3;1-2H3. The summed E-state index contributed by atoms with van der Waals surface area (Å²) in [5, 5.41) is 0. The fraction of sp³-hybridized carbons (Fsp3) is 0.600. The maximum Gasteiger partial charge on any atom is 0.115 e. The van der Waals surface area contributed by atoms with Crippen LogP contribution in [-0.2, 0) is 5.41 Å². The van der Waals surface area contributed by atoms with Crippen molar-refractivity contribution in [2.45, 2.75) is 40.0 Å². The minimum Gasteiger partial charge on any atom is -0.245 e. The molecule has 0 aliphatic carbocycles. The van der Waals surface area contributed by atoms with Gasteiger partial charge in [0.1, 0.15) is 6.33 Å². The first kappa shape index (κ1) is 11.1. The third-order valence-electron chi connectivity index (χ3n) is 1.43. The van der Waals surface area contributed by atoms with Gasteiger partial charge in [0.25, 0.3) is 0 Å². The molecule has 1 aromatic rings. The average Bonchev–Trinajstić information content (AvgIpc) is 2.08. The minimum atomic E-state index is 0.168. The first-order valence-electron chi connectivity index (χ1n) is 4.36. The summed E-state index contributed by atoms with van der Waals surface area (Å²) in [5.74, 6) is 0. The summed E-state index contributed by atoms with van der Waals surface area (Å²) in [4.78, 5) is 7.88. The van der Waals surface area contributed by atoms with Crippen LogP contribution in [-0.4, -0.2) is 9.97 Å². The van der Waals surface area contributed by atoms with E-state index in [9.17, 15) is 0 Å². The Hall–Kier alpha value is -0.920. The van der Waals surface area contributed by atoms with Crippen LogP contribution in [0.5, 0.6) is 0 Å². The van der Waals surface area contributed by atoms with Gasteiger partial charge in [-0.2, -0.15) is 0 Å². The lowest BCUT2D eigenvalue weighted by Crippen LogP contribution is -2.11. The summed E-state index contributed by atoms with van der Waals surface area (Å²) in [6, 6.07) is 0. The third-order valence-corrected chi connectivity index (χ3v) is 1.43. The smallest absolute Gasteiger partial charge is 0.115 e. The van der Waals surface area contributed by atoms with E-state index in [2.05, 4.69) is 30.7 Å². The topological polar surface area (TPSA) is 25.8 Å². The van der Waals surface area contributed by atoms with Crippen LogP contribution in [0.2, 0.25) is 0 Å². The van der Waals surface area contributed by atoms with Gasteiger partial charge in [-0.25, -0.2) is 9.97 Å². The molecule has 0 aliphatic heterocycles. The molecule has 0 radical (unpaired) electrons. The Morgan fingerprint density at radius 1 is 1.00 bits per heavy atom. The van der Waals surface area contributed by atoms with Crippen LogP contribution in [0.15, 0.2) is 18.7 Å². The highest BCUT2D eigenvalue weighted by Gasteiger charge is 2.12. The molecule has 0 atom stereocenters. The van der Waals surface area contributed by atoms with Crippen molar-refractivity contribution < 1.29 is 0 Å². The monoisotopic (exact) mass is 166 g/mol. The van der Waals surface area contributed by atoms with Gasteiger partial charge in [-0.15, -0.1) is 0 Å². The number of hydrogen-bond donors (Lipinski definition) is 0. The van der Waals surface area contributed by atoms with Crippen LogP contribution in [0.25, 0.3) is 0 Å². The van der Waals surface area contributed by atoms with Crippen molar-refractivity contribution >= 4 is 0 Å². The van der Waals surface area contributed by atoms with Gasteiger partial charge in [-0.1, -0.05) is 34.6 Å². The van der Waals surface area contributed by atoms with E-state index in [4.69, 9.17) is 0 Å². The van der Waals surface area contributed by atoms with Gasteiger partial charge in [-0.3, -0.25) is 0 Å². The Morgan fingerprint density at radius 2 is 1.42 bits per heavy atom. The van der Waals surface area contributed by atoms with Gasteiger partial charge in [0, 0.05) is 12.4 Å². The molecule has 0 N–H and O–H groups in total. The largest absolute Gasteiger partial charge is 0.245 e. The van der Waals surface area contributed by atoms with Crippen LogP contribution in [0.1, 0.15) is 40.2 Å². The van der Waals surface area contributed by atoms with Crippen molar-refractivity contribution in [3.05, 3.63) is 24.3 Å². The minimum absolute atomic E-state index is 0.168. The molecule has 0 bridgehead atoms. The predicted molar refractivity (Wildman–Crippen MR) is 52.1 cm³/mol. The molecule has 1 heterocycles. The SMILES string of the molecule is CC.CC(C)(C)c1cncnc1. The summed E-state index contributed by atoms with van der Waals surface area (Å²) < 4.78 is 0. The molecule has 0 fully saturated rings. The van der Waals surface area contributed by atoms with E-state index in [0.717, 1.165) is 0 Å². The zero-order valence-corrected chi connectivity index (χ0v) is 8.63. The second-order valence-corrected chi connectivity index (χ2v) is 3.38. The number of aromatic nitrogens is 2. The first-order valence-corrected chi connectivity index (χ1v) is 4.36. The Kier molecular flexibility index (Phi) is 4.49. The van der Waals surface area contributed by atoms with Crippen molar-refractivity contribution in [3.8, 4) is 0 Å². The van der Waals surface area contributed by atoms with E-state index in [-0.39, 0.29) is 5.41 Å². The lowest BCUT2D eigenvalue weighted by atomic mass is 9.89. The van der Waals surface area contributed by atoms with E-state index < -0.39 is 0 Å². The van der Waals surface area contributed by atoms with Gasteiger partial charge in [0.15, 0.2) is 0 Å². The van der Waals surface area contributed by atoms with Crippen molar-refractivity contribution in [3.63, 3.8) is 0 Å². The molecule has 1 rings (SSSR count). The Morgan fingerprint density at radius 3 is 1.67 bits per heavy atom. The molecule has 0 amide bonds. The van der Waals surface area contributed by atoms with Crippen molar-refractivity contribution in [2.24, 2.45) is 0 Å². The molecular weight excluding hydrogens is 148 g/mol. The maximum absolute atomic E-state index is 3.94. The summed E-state index contributed by atoms with van der Waals surface area (Å²) in [7, 11) is 0. The van der Waals surface area contributed by atoms with Crippen LogP contribution >= 0.6 is 0 Å². The Balaban J connectivity index is 0.000000561. The molecule has 2 nitrogen and oxygen atoms in total. The fourth-order valence-corrected chi connectivity index (χ4v) is 0.686. The molecule has 0 saturated heterocycles. The van der Waals surface area contributed by atoms with Crippen molar-refractivity contribution in [1.29, 1.82) is 0 Å². The van der Waals surface area contributed by atoms with Gasteiger partial charge in [0.2, 0.25) is 0 Å². The lowest BCUT2D eigenvalue weighted by molar-refractivity contribution is 0.584. The highest BCUT2D eigenvalue weighted by Crippen LogP contribution is 2.19. The quantitative estimate of drug-likeness (QED) is 0.592. The molecule has 0 unspecified atom stereocenters. The van der Waals surface area contributed by atoms with E-state index in [0.29, 0.717) is 0 Å². The van der Waals surface area contributed by atoms with Crippen molar-refractivity contribution in [1.82, 2.24) is 9.97 Å². The molecule has 0 saturated carbocycles. The van der Waals surface area contributed by atoms with E-state index >= 15 is 0 Å². The van der Waals surface area contributed by atoms with E-state index in [1.54, 1.807) is 6.33 Å². The van der Waals surface area contributed by atoms with E-state index in [1.807, 2.05) is 26.2 Å². The van der Waals surface area contributed by atoms with Gasteiger partial charge in [0.05, 0.1) is 0 Å². The molecule has 12 heavy (non-hydrogen) atoms. The molecule has 2 heteroatoms. The highest BCUT2D eigenvalue weighted by atomic mass is 14.8. The number of rotatable bonds is 0.